The molecule has 26 heavy (non-hydrogen) atoms. The van der Waals surface area contributed by atoms with E-state index in [0.717, 1.165) is 13.1 Å². The van der Waals surface area contributed by atoms with Crippen molar-refractivity contribution in [2.45, 2.75) is 13.8 Å². The fourth-order valence-corrected chi connectivity index (χ4v) is 3.33. The van der Waals surface area contributed by atoms with E-state index in [2.05, 4.69) is 36.1 Å². The molecular weight excluding hydrogens is 328 g/mol. The third kappa shape index (κ3) is 3.77. The molecule has 1 saturated heterocycles. The highest BCUT2D eigenvalue weighted by molar-refractivity contribution is 5.95. The summed E-state index contributed by atoms with van der Waals surface area (Å²) in [5.74, 6) is 1.30. The molecule has 0 unspecified atom stereocenters. The maximum Gasteiger partial charge on any atom is 0.254 e. The molecule has 138 valence electrons. The van der Waals surface area contributed by atoms with E-state index in [9.17, 15) is 4.79 Å². The number of piperazine rings is 1. The average Bonchev–Trinajstić information content (AvgIpc) is 2.68. The van der Waals surface area contributed by atoms with Gasteiger partial charge >= 0.3 is 0 Å². The predicted octanol–water partition coefficient (Wildman–Crippen LogP) is 3.36. The maximum atomic E-state index is 12.9. The number of carbonyl (C=O) groups is 1. The van der Waals surface area contributed by atoms with E-state index in [0.29, 0.717) is 36.8 Å². The van der Waals surface area contributed by atoms with E-state index in [1.54, 1.807) is 25.3 Å². The van der Waals surface area contributed by atoms with Crippen LogP contribution in [0, 0.1) is 6.92 Å². The van der Waals surface area contributed by atoms with Crippen molar-refractivity contribution in [3.8, 4) is 11.5 Å². The molecule has 0 bridgehead atoms. The van der Waals surface area contributed by atoms with Gasteiger partial charge in [0, 0.05) is 37.4 Å². The quantitative estimate of drug-likeness (QED) is 0.826. The number of para-hydroxylation sites is 1. The van der Waals surface area contributed by atoms with Crippen molar-refractivity contribution in [2.75, 3.05) is 44.8 Å². The van der Waals surface area contributed by atoms with Crippen molar-refractivity contribution in [1.29, 1.82) is 0 Å². The van der Waals surface area contributed by atoms with Crippen LogP contribution in [-0.4, -0.2) is 50.7 Å². The number of aryl methyl sites for hydroxylation is 1. The fourth-order valence-electron chi connectivity index (χ4n) is 3.33. The lowest BCUT2D eigenvalue weighted by atomic mass is 10.1. The molecule has 0 radical (unpaired) electrons. The lowest BCUT2D eigenvalue weighted by Gasteiger charge is -2.36. The Bertz CT molecular complexity index is 768. The SMILES string of the molecule is CCOc1cc(C(=O)N2CCN(c3ccccc3C)CC2)ccc1OC. The Morgan fingerprint density at radius 3 is 2.42 bits per heavy atom. The summed E-state index contributed by atoms with van der Waals surface area (Å²) in [5.41, 5.74) is 3.16. The third-order valence-corrected chi connectivity index (χ3v) is 4.73. The lowest BCUT2D eigenvalue weighted by molar-refractivity contribution is 0.0746. The van der Waals surface area contributed by atoms with Crippen LogP contribution < -0.4 is 14.4 Å². The summed E-state index contributed by atoms with van der Waals surface area (Å²) in [7, 11) is 1.60. The highest BCUT2D eigenvalue weighted by Crippen LogP contribution is 2.29. The number of rotatable bonds is 5. The molecule has 1 amide bonds. The van der Waals surface area contributed by atoms with Crippen LogP contribution in [0.25, 0.3) is 0 Å². The second kappa shape index (κ2) is 8.13. The highest BCUT2D eigenvalue weighted by atomic mass is 16.5. The zero-order valence-corrected chi connectivity index (χ0v) is 15.7. The van der Waals surface area contributed by atoms with E-state index in [1.807, 2.05) is 11.8 Å². The number of anilines is 1. The van der Waals surface area contributed by atoms with Crippen LogP contribution in [-0.2, 0) is 0 Å². The van der Waals surface area contributed by atoms with Crippen LogP contribution in [0.4, 0.5) is 5.69 Å². The van der Waals surface area contributed by atoms with Gasteiger partial charge in [-0.2, -0.15) is 0 Å². The smallest absolute Gasteiger partial charge is 0.254 e. The van der Waals surface area contributed by atoms with Gasteiger partial charge in [0.05, 0.1) is 13.7 Å². The molecule has 0 atom stereocenters. The Labute approximate surface area is 155 Å². The Morgan fingerprint density at radius 2 is 1.77 bits per heavy atom. The zero-order chi connectivity index (χ0) is 18.5. The number of hydrogen-bond acceptors (Lipinski definition) is 4. The second-order valence-corrected chi connectivity index (χ2v) is 6.36. The molecule has 0 aromatic heterocycles. The fraction of sp³-hybridized carbons (Fsp3) is 0.381. The molecular formula is C21H26N2O3. The number of ether oxygens (including phenoxy) is 2. The molecule has 0 spiro atoms. The molecule has 1 fully saturated rings. The van der Waals surface area contributed by atoms with Gasteiger partial charge in [0.2, 0.25) is 0 Å². The average molecular weight is 354 g/mol. The first-order chi connectivity index (χ1) is 12.6. The second-order valence-electron chi connectivity index (χ2n) is 6.36. The van der Waals surface area contributed by atoms with E-state index < -0.39 is 0 Å². The Kier molecular flexibility index (Phi) is 5.66. The van der Waals surface area contributed by atoms with Crippen LogP contribution in [0.3, 0.4) is 0 Å². The summed E-state index contributed by atoms with van der Waals surface area (Å²) in [6.45, 7) is 7.67. The number of carbonyl (C=O) groups excluding carboxylic acids is 1. The van der Waals surface area contributed by atoms with E-state index >= 15 is 0 Å². The summed E-state index contributed by atoms with van der Waals surface area (Å²) < 4.78 is 10.9. The summed E-state index contributed by atoms with van der Waals surface area (Å²) in [5, 5.41) is 0. The van der Waals surface area contributed by atoms with Gasteiger partial charge in [0.15, 0.2) is 11.5 Å². The standard InChI is InChI=1S/C21H26N2O3/c1-4-26-20-15-17(9-10-19(20)25-3)21(24)23-13-11-22(12-14-23)18-8-6-5-7-16(18)2/h5-10,15H,4,11-14H2,1-3H3. The van der Waals surface area contributed by atoms with E-state index in [1.165, 1.54) is 11.3 Å². The van der Waals surface area contributed by atoms with Gasteiger partial charge in [-0.15, -0.1) is 0 Å². The summed E-state index contributed by atoms with van der Waals surface area (Å²) in [6, 6.07) is 13.8. The molecule has 0 N–H and O–H groups in total. The van der Waals surface area contributed by atoms with Crippen molar-refractivity contribution in [1.82, 2.24) is 4.90 Å². The van der Waals surface area contributed by atoms with Crippen molar-refractivity contribution >= 4 is 11.6 Å². The minimum atomic E-state index is 0.0399. The molecule has 3 rings (SSSR count). The van der Waals surface area contributed by atoms with Gasteiger partial charge in [-0.3, -0.25) is 4.79 Å². The van der Waals surface area contributed by atoms with Crippen LogP contribution in [0.1, 0.15) is 22.8 Å². The minimum absolute atomic E-state index is 0.0399. The van der Waals surface area contributed by atoms with Crippen LogP contribution in [0.2, 0.25) is 0 Å². The zero-order valence-electron chi connectivity index (χ0n) is 15.7. The lowest BCUT2D eigenvalue weighted by Crippen LogP contribution is -2.49. The van der Waals surface area contributed by atoms with Gasteiger partial charge in [0.25, 0.3) is 5.91 Å². The number of amides is 1. The summed E-state index contributed by atoms with van der Waals surface area (Å²) in [4.78, 5) is 17.1. The Balaban J connectivity index is 1.69. The van der Waals surface area contributed by atoms with Crippen LogP contribution in [0.15, 0.2) is 42.5 Å². The number of hydrogen-bond donors (Lipinski definition) is 0. The molecule has 0 aliphatic carbocycles. The van der Waals surface area contributed by atoms with Gasteiger partial charge in [-0.25, -0.2) is 0 Å². The van der Waals surface area contributed by atoms with Gasteiger partial charge < -0.3 is 19.3 Å². The molecule has 1 aliphatic rings. The van der Waals surface area contributed by atoms with Gasteiger partial charge in [0.1, 0.15) is 0 Å². The monoisotopic (exact) mass is 354 g/mol. The first-order valence-electron chi connectivity index (χ1n) is 9.04. The molecule has 5 nitrogen and oxygen atoms in total. The molecule has 5 heteroatoms. The highest BCUT2D eigenvalue weighted by Gasteiger charge is 2.23. The number of methoxy groups -OCH3 is 1. The van der Waals surface area contributed by atoms with Crippen LogP contribution in [0.5, 0.6) is 11.5 Å². The normalized spacial score (nSPS) is 14.3. The molecule has 2 aromatic rings. The first kappa shape index (κ1) is 18.1. The predicted molar refractivity (Wildman–Crippen MR) is 103 cm³/mol. The summed E-state index contributed by atoms with van der Waals surface area (Å²) in [6.07, 6.45) is 0. The maximum absolute atomic E-state index is 12.9. The van der Waals surface area contributed by atoms with E-state index in [-0.39, 0.29) is 5.91 Å². The minimum Gasteiger partial charge on any atom is -0.493 e. The Hall–Kier alpha value is -2.69. The van der Waals surface area contributed by atoms with Crippen molar-refractivity contribution in [3.05, 3.63) is 53.6 Å². The third-order valence-electron chi connectivity index (χ3n) is 4.73. The Morgan fingerprint density at radius 1 is 1.04 bits per heavy atom. The van der Waals surface area contributed by atoms with Crippen molar-refractivity contribution in [3.63, 3.8) is 0 Å². The number of benzene rings is 2. The first-order valence-corrected chi connectivity index (χ1v) is 9.04. The van der Waals surface area contributed by atoms with Gasteiger partial charge in [-0.05, 0) is 43.7 Å². The van der Waals surface area contributed by atoms with Crippen LogP contribution >= 0.6 is 0 Å². The topological polar surface area (TPSA) is 42.0 Å². The molecule has 1 aliphatic heterocycles. The molecule has 1 heterocycles. The molecule has 0 saturated carbocycles. The van der Waals surface area contributed by atoms with Crippen molar-refractivity contribution < 1.29 is 14.3 Å². The van der Waals surface area contributed by atoms with Gasteiger partial charge in [-0.1, -0.05) is 18.2 Å². The molecule has 2 aromatic carbocycles. The summed E-state index contributed by atoms with van der Waals surface area (Å²) >= 11 is 0. The number of nitrogens with zero attached hydrogens (tertiary/aromatic N) is 2. The van der Waals surface area contributed by atoms with Crippen molar-refractivity contribution in [2.24, 2.45) is 0 Å². The van der Waals surface area contributed by atoms with E-state index in [4.69, 9.17) is 9.47 Å². The largest absolute Gasteiger partial charge is 0.493 e.